The van der Waals surface area contributed by atoms with E-state index in [1.54, 1.807) is 17.3 Å². The fourth-order valence-corrected chi connectivity index (χ4v) is 2.89. The van der Waals surface area contributed by atoms with Gasteiger partial charge >= 0.3 is 0 Å². The maximum Gasteiger partial charge on any atom is 0.244 e. The number of benzene rings is 1. The van der Waals surface area contributed by atoms with Gasteiger partial charge in [0.1, 0.15) is 6.54 Å². The smallest absolute Gasteiger partial charge is 0.244 e. The third-order valence-corrected chi connectivity index (χ3v) is 4.56. The summed E-state index contributed by atoms with van der Waals surface area (Å²) in [6.07, 6.45) is 4.38. The number of rotatable bonds is 5. The summed E-state index contributed by atoms with van der Waals surface area (Å²) >= 11 is 0. The van der Waals surface area contributed by atoms with E-state index in [0.29, 0.717) is 5.69 Å². The summed E-state index contributed by atoms with van der Waals surface area (Å²) in [7, 11) is 1.93. The number of hydrogen-bond donors (Lipinski definition) is 1. The molecule has 0 saturated heterocycles. The van der Waals surface area contributed by atoms with E-state index in [1.165, 1.54) is 5.56 Å². The van der Waals surface area contributed by atoms with E-state index in [9.17, 15) is 9.59 Å². The molecule has 1 aliphatic heterocycles. The average Bonchev–Trinajstić information content (AvgIpc) is 2.65. The van der Waals surface area contributed by atoms with Crippen molar-refractivity contribution in [1.82, 2.24) is 9.88 Å². The van der Waals surface area contributed by atoms with Crippen molar-refractivity contribution in [3.05, 3.63) is 54.4 Å². The Morgan fingerprint density at radius 2 is 2.00 bits per heavy atom. The lowest BCUT2D eigenvalue weighted by molar-refractivity contribution is -0.125. The first kappa shape index (κ1) is 17.1. The molecule has 6 heteroatoms. The predicted molar refractivity (Wildman–Crippen MR) is 97.5 cm³/mol. The second-order valence-corrected chi connectivity index (χ2v) is 6.25. The molecule has 1 atom stereocenters. The summed E-state index contributed by atoms with van der Waals surface area (Å²) in [4.78, 5) is 32.5. The predicted octanol–water partition coefficient (Wildman–Crippen LogP) is 1.93. The standard InChI is InChI=1S/C19H22N4O2/c1-14(22(2)12-9-15-7-10-20-11-8-15)19(25)23-13-18(24)21-16-5-3-4-6-17(16)23/h3-8,10-11,14H,9,12-13H2,1-2H3,(H,21,24). The Bertz CT molecular complexity index is 763. The Morgan fingerprint density at radius 3 is 2.76 bits per heavy atom. The lowest BCUT2D eigenvalue weighted by Crippen LogP contribution is -2.50. The highest BCUT2D eigenvalue weighted by Gasteiger charge is 2.30. The highest BCUT2D eigenvalue weighted by atomic mass is 16.2. The second kappa shape index (κ2) is 7.44. The van der Waals surface area contributed by atoms with Gasteiger partial charge in [0.25, 0.3) is 0 Å². The molecule has 25 heavy (non-hydrogen) atoms. The number of carbonyl (C=O) groups is 2. The van der Waals surface area contributed by atoms with Crippen LogP contribution in [0.2, 0.25) is 0 Å². The number of nitrogens with one attached hydrogen (secondary N) is 1. The Kier molecular flexibility index (Phi) is 5.09. The molecule has 6 nitrogen and oxygen atoms in total. The number of carbonyl (C=O) groups excluding carboxylic acids is 2. The first-order chi connectivity index (χ1) is 12.1. The van der Waals surface area contributed by atoms with Crippen LogP contribution in [0.25, 0.3) is 0 Å². The van der Waals surface area contributed by atoms with Gasteiger partial charge in [-0.1, -0.05) is 12.1 Å². The molecule has 2 aromatic rings. The van der Waals surface area contributed by atoms with Gasteiger partial charge in [0, 0.05) is 18.9 Å². The van der Waals surface area contributed by atoms with E-state index >= 15 is 0 Å². The molecule has 0 radical (unpaired) electrons. The number of nitrogens with zero attached hydrogens (tertiary/aromatic N) is 3. The van der Waals surface area contributed by atoms with Crippen LogP contribution in [0, 0.1) is 0 Å². The molecule has 1 N–H and O–H groups in total. The third-order valence-electron chi connectivity index (χ3n) is 4.56. The molecule has 0 spiro atoms. The van der Waals surface area contributed by atoms with Crippen molar-refractivity contribution in [3.8, 4) is 0 Å². The Balaban J connectivity index is 1.68. The van der Waals surface area contributed by atoms with Crippen molar-refractivity contribution < 1.29 is 9.59 Å². The van der Waals surface area contributed by atoms with Crippen LogP contribution in [0.3, 0.4) is 0 Å². The molecule has 0 saturated carbocycles. The molecule has 1 aliphatic rings. The minimum atomic E-state index is -0.319. The maximum atomic E-state index is 13.0. The number of anilines is 2. The van der Waals surface area contributed by atoms with Gasteiger partial charge in [-0.2, -0.15) is 0 Å². The number of aromatic nitrogens is 1. The van der Waals surface area contributed by atoms with Crippen LogP contribution in [-0.2, 0) is 16.0 Å². The summed E-state index contributed by atoms with van der Waals surface area (Å²) in [5, 5.41) is 2.81. The quantitative estimate of drug-likeness (QED) is 0.905. The Hall–Kier alpha value is -2.73. The monoisotopic (exact) mass is 338 g/mol. The summed E-state index contributed by atoms with van der Waals surface area (Å²) in [6.45, 7) is 2.68. The normalized spacial score (nSPS) is 14.8. The zero-order valence-electron chi connectivity index (χ0n) is 14.5. The minimum absolute atomic E-state index is 0.0539. The number of amides is 2. The summed E-state index contributed by atoms with van der Waals surface area (Å²) in [5.74, 6) is -0.238. The number of likely N-dealkylation sites (N-methyl/N-ethyl adjacent to an activating group) is 1. The van der Waals surface area contributed by atoms with Crippen LogP contribution in [0.4, 0.5) is 11.4 Å². The van der Waals surface area contributed by atoms with Crippen molar-refractivity contribution in [2.24, 2.45) is 0 Å². The molecule has 2 amide bonds. The van der Waals surface area contributed by atoms with Gasteiger partial charge in [0.05, 0.1) is 17.4 Å². The van der Waals surface area contributed by atoms with E-state index in [0.717, 1.165) is 18.7 Å². The molecule has 1 aromatic heterocycles. The summed E-state index contributed by atoms with van der Waals surface area (Å²) in [5.41, 5.74) is 2.62. The van der Waals surface area contributed by atoms with Gasteiger partial charge in [-0.05, 0) is 50.2 Å². The fourth-order valence-electron chi connectivity index (χ4n) is 2.89. The molecule has 0 bridgehead atoms. The van der Waals surface area contributed by atoms with E-state index in [1.807, 2.05) is 55.3 Å². The number of para-hydroxylation sites is 2. The van der Waals surface area contributed by atoms with E-state index < -0.39 is 0 Å². The summed E-state index contributed by atoms with van der Waals surface area (Å²) in [6, 6.07) is 11.0. The highest BCUT2D eigenvalue weighted by molar-refractivity contribution is 6.11. The van der Waals surface area contributed by atoms with Crippen LogP contribution < -0.4 is 10.2 Å². The van der Waals surface area contributed by atoms with Gasteiger partial charge < -0.3 is 5.32 Å². The van der Waals surface area contributed by atoms with Gasteiger partial charge in [-0.15, -0.1) is 0 Å². The SMILES string of the molecule is CC(C(=O)N1CC(=O)Nc2ccccc21)N(C)CCc1ccncc1. The fraction of sp³-hybridized carbons (Fsp3) is 0.316. The van der Waals surface area contributed by atoms with Gasteiger partial charge in [0.15, 0.2) is 0 Å². The maximum absolute atomic E-state index is 13.0. The van der Waals surface area contributed by atoms with Gasteiger partial charge in [-0.25, -0.2) is 0 Å². The molecule has 2 heterocycles. The first-order valence-electron chi connectivity index (χ1n) is 8.35. The molecule has 0 aliphatic carbocycles. The van der Waals surface area contributed by atoms with Gasteiger partial charge in [0.2, 0.25) is 11.8 Å². The molecule has 0 fully saturated rings. The summed E-state index contributed by atoms with van der Waals surface area (Å²) < 4.78 is 0. The Morgan fingerprint density at radius 1 is 1.28 bits per heavy atom. The zero-order chi connectivity index (χ0) is 17.8. The number of fused-ring (bicyclic) bond motifs is 1. The Labute approximate surface area is 147 Å². The molecular formula is C19H22N4O2. The van der Waals surface area contributed by atoms with Crippen LogP contribution in [-0.4, -0.2) is 47.9 Å². The molecule has 1 unspecified atom stereocenters. The van der Waals surface area contributed by atoms with Crippen molar-refractivity contribution in [1.29, 1.82) is 0 Å². The third kappa shape index (κ3) is 3.85. The zero-order valence-corrected chi connectivity index (χ0v) is 14.5. The second-order valence-electron chi connectivity index (χ2n) is 6.25. The highest BCUT2D eigenvalue weighted by Crippen LogP contribution is 2.29. The minimum Gasteiger partial charge on any atom is -0.323 e. The molecule has 130 valence electrons. The van der Waals surface area contributed by atoms with E-state index in [2.05, 4.69) is 10.3 Å². The number of pyridine rings is 1. The van der Waals surface area contributed by atoms with E-state index in [-0.39, 0.29) is 24.4 Å². The van der Waals surface area contributed by atoms with Crippen LogP contribution in [0.15, 0.2) is 48.8 Å². The van der Waals surface area contributed by atoms with Crippen LogP contribution in [0.5, 0.6) is 0 Å². The lowest BCUT2D eigenvalue weighted by Gasteiger charge is -2.33. The van der Waals surface area contributed by atoms with Crippen molar-refractivity contribution in [2.75, 3.05) is 30.4 Å². The van der Waals surface area contributed by atoms with Crippen molar-refractivity contribution >= 4 is 23.2 Å². The van der Waals surface area contributed by atoms with E-state index in [4.69, 9.17) is 0 Å². The first-order valence-corrected chi connectivity index (χ1v) is 8.35. The molecule has 1 aromatic carbocycles. The largest absolute Gasteiger partial charge is 0.323 e. The lowest BCUT2D eigenvalue weighted by atomic mass is 10.1. The van der Waals surface area contributed by atoms with Crippen molar-refractivity contribution in [3.63, 3.8) is 0 Å². The molecule has 3 rings (SSSR count). The average molecular weight is 338 g/mol. The number of hydrogen-bond acceptors (Lipinski definition) is 4. The van der Waals surface area contributed by atoms with Crippen molar-refractivity contribution in [2.45, 2.75) is 19.4 Å². The van der Waals surface area contributed by atoms with Crippen LogP contribution >= 0.6 is 0 Å². The topological polar surface area (TPSA) is 65.5 Å². The molecular weight excluding hydrogens is 316 g/mol. The van der Waals surface area contributed by atoms with Gasteiger partial charge in [-0.3, -0.25) is 24.4 Å². The van der Waals surface area contributed by atoms with Crippen LogP contribution in [0.1, 0.15) is 12.5 Å².